The molecular formula is C11H25NO6. The van der Waals surface area contributed by atoms with Crippen LogP contribution in [0, 0.1) is 0 Å². The number of rotatable bonds is 11. The zero-order valence-corrected chi connectivity index (χ0v) is 10.9. The summed E-state index contributed by atoms with van der Waals surface area (Å²) in [6.07, 6.45) is 4.55. The fraction of sp³-hybridized carbons (Fsp3) is 0.909. The standard InChI is InChI=1S/C7H14O2.C4H11NO4/c1-2-3-4-5-6-7(8)9;6-1-3-8-5-9-4-2-7/h2-6H2,1H3,(H,8,9);5-7H,1-4H2. The van der Waals surface area contributed by atoms with E-state index in [1.807, 2.05) is 0 Å². The fourth-order valence-electron chi connectivity index (χ4n) is 0.919. The van der Waals surface area contributed by atoms with E-state index in [2.05, 4.69) is 22.2 Å². The number of unbranched alkanes of at least 4 members (excludes halogenated alkanes) is 3. The Morgan fingerprint density at radius 3 is 2.00 bits per heavy atom. The molecule has 0 rings (SSSR count). The van der Waals surface area contributed by atoms with Crippen LogP contribution in [0.5, 0.6) is 0 Å². The van der Waals surface area contributed by atoms with E-state index in [9.17, 15) is 4.79 Å². The second-order valence-corrected chi connectivity index (χ2v) is 3.43. The predicted molar refractivity (Wildman–Crippen MR) is 65.6 cm³/mol. The van der Waals surface area contributed by atoms with Crippen LogP contribution in [0.3, 0.4) is 0 Å². The van der Waals surface area contributed by atoms with Gasteiger partial charge in [0.25, 0.3) is 0 Å². The molecule has 0 saturated heterocycles. The predicted octanol–water partition coefficient (Wildman–Crippen LogP) is 0.465. The van der Waals surface area contributed by atoms with Gasteiger partial charge in [-0.15, -0.1) is 0 Å². The first-order valence-corrected chi connectivity index (χ1v) is 6.11. The van der Waals surface area contributed by atoms with Gasteiger partial charge in [0.1, 0.15) is 0 Å². The Balaban J connectivity index is 0. The van der Waals surface area contributed by atoms with E-state index < -0.39 is 5.97 Å². The number of aliphatic hydroxyl groups is 2. The molecule has 0 unspecified atom stereocenters. The third-order valence-electron chi connectivity index (χ3n) is 1.75. The van der Waals surface area contributed by atoms with Crippen LogP contribution in [0.2, 0.25) is 0 Å². The van der Waals surface area contributed by atoms with Crippen molar-refractivity contribution in [3.8, 4) is 0 Å². The summed E-state index contributed by atoms with van der Waals surface area (Å²) in [6, 6.07) is 0. The molecule has 110 valence electrons. The Hall–Kier alpha value is -0.730. The lowest BCUT2D eigenvalue weighted by Crippen LogP contribution is -2.19. The first kappa shape index (κ1) is 19.6. The SMILES string of the molecule is CCCCCCC(=O)O.OCCONOCCO. The summed E-state index contributed by atoms with van der Waals surface area (Å²) in [6.45, 7) is 2.34. The minimum Gasteiger partial charge on any atom is -0.481 e. The van der Waals surface area contributed by atoms with Gasteiger partial charge in [-0.05, 0) is 6.42 Å². The van der Waals surface area contributed by atoms with Gasteiger partial charge in [-0.3, -0.25) is 14.5 Å². The summed E-state index contributed by atoms with van der Waals surface area (Å²) < 4.78 is 0. The lowest BCUT2D eigenvalue weighted by atomic mass is 10.2. The molecule has 0 saturated carbocycles. The molecular weight excluding hydrogens is 242 g/mol. The van der Waals surface area contributed by atoms with Gasteiger partial charge in [-0.2, -0.15) is 0 Å². The molecule has 18 heavy (non-hydrogen) atoms. The summed E-state index contributed by atoms with van der Waals surface area (Å²) in [5.74, 6) is -0.675. The van der Waals surface area contributed by atoms with E-state index in [-0.39, 0.29) is 26.4 Å². The van der Waals surface area contributed by atoms with E-state index in [1.165, 1.54) is 6.42 Å². The highest BCUT2D eigenvalue weighted by Gasteiger charge is 1.93. The Labute approximate surface area is 108 Å². The van der Waals surface area contributed by atoms with Crippen LogP contribution >= 0.6 is 0 Å². The van der Waals surface area contributed by atoms with Gasteiger partial charge in [-0.25, -0.2) is 0 Å². The molecule has 0 heterocycles. The van der Waals surface area contributed by atoms with Crippen molar-refractivity contribution in [2.24, 2.45) is 0 Å². The molecule has 0 atom stereocenters. The minimum atomic E-state index is -0.675. The molecule has 0 aromatic heterocycles. The number of nitrogens with one attached hydrogen (secondary N) is 1. The van der Waals surface area contributed by atoms with Crippen molar-refractivity contribution in [2.45, 2.75) is 39.0 Å². The van der Waals surface area contributed by atoms with Gasteiger partial charge in [0.05, 0.1) is 26.4 Å². The Morgan fingerprint density at radius 2 is 1.61 bits per heavy atom. The van der Waals surface area contributed by atoms with Gasteiger partial charge < -0.3 is 15.3 Å². The normalized spacial score (nSPS) is 9.72. The molecule has 7 heteroatoms. The lowest BCUT2D eigenvalue weighted by Gasteiger charge is -2.01. The molecule has 0 fully saturated rings. The molecule has 0 radical (unpaired) electrons. The first-order valence-electron chi connectivity index (χ1n) is 6.11. The second-order valence-electron chi connectivity index (χ2n) is 3.43. The third-order valence-corrected chi connectivity index (χ3v) is 1.75. The van der Waals surface area contributed by atoms with Crippen LogP contribution in [0.4, 0.5) is 0 Å². The number of hydrogen-bond donors (Lipinski definition) is 4. The van der Waals surface area contributed by atoms with Crippen molar-refractivity contribution in [2.75, 3.05) is 26.4 Å². The molecule has 4 N–H and O–H groups in total. The monoisotopic (exact) mass is 267 g/mol. The number of aliphatic carboxylic acids is 1. The van der Waals surface area contributed by atoms with Crippen molar-refractivity contribution in [3.63, 3.8) is 0 Å². The maximum absolute atomic E-state index is 9.96. The molecule has 0 spiro atoms. The van der Waals surface area contributed by atoms with Crippen LogP contribution in [0.1, 0.15) is 39.0 Å². The van der Waals surface area contributed by atoms with Crippen molar-refractivity contribution in [1.29, 1.82) is 0 Å². The molecule has 7 nitrogen and oxygen atoms in total. The molecule has 0 amide bonds. The summed E-state index contributed by atoms with van der Waals surface area (Å²) in [4.78, 5) is 18.9. The zero-order valence-electron chi connectivity index (χ0n) is 10.9. The van der Waals surface area contributed by atoms with E-state index >= 15 is 0 Å². The molecule has 0 bridgehead atoms. The van der Waals surface area contributed by atoms with E-state index in [0.29, 0.717) is 6.42 Å². The number of aliphatic hydroxyl groups excluding tert-OH is 2. The van der Waals surface area contributed by atoms with Gasteiger partial charge in [0, 0.05) is 6.42 Å². The summed E-state index contributed by atoms with van der Waals surface area (Å²) in [5, 5.41) is 24.5. The van der Waals surface area contributed by atoms with E-state index in [0.717, 1.165) is 19.3 Å². The zero-order chi connectivity index (χ0) is 14.1. The third kappa shape index (κ3) is 24.5. The number of hydrogen-bond acceptors (Lipinski definition) is 6. The summed E-state index contributed by atoms with van der Waals surface area (Å²) >= 11 is 0. The summed E-state index contributed by atoms with van der Waals surface area (Å²) in [7, 11) is 0. The van der Waals surface area contributed by atoms with Gasteiger partial charge in [0.2, 0.25) is 0 Å². The minimum absolute atomic E-state index is 0.0600. The van der Waals surface area contributed by atoms with Gasteiger partial charge in [-0.1, -0.05) is 31.8 Å². The quantitative estimate of drug-likeness (QED) is 0.318. The second kappa shape index (κ2) is 18.6. The highest BCUT2D eigenvalue weighted by Crippen LogP contribution is 2.01. The van der Waals surface area contributed by atoms with Crippen LogP contribution in [0.25, 0.3) is 0 Å². The van der Waals surface area contributed by atoms with Gasteiger partial charge in [0.15, 0.2) is 0 Å². The Bertz CT molecular complexity index is 162. The van der Waals surface area contributed by atoms with Crippen molar-refractivity contribution in [3.05, 3.63) is 0 Å². The topological polar surface area (TPSA) is 108 Å². The molecule has 0 aromatic carbocycles. The Kier molecular flexibility index (Phi) is 20.3. The summed E-state index contributed by atoms with van der Waals surface area (Å²) in [5.41, 5.74) is 2.07. The van der Waals surface area contributed by atoms with Crippen LogP contribution in [-0.2, 0) is 14.5 Å². The maximum atomic E-state index is 9.96. The largest absolute Gasteiger partial charge is 0.481 e. The van der Waals surface area contributed by atoms with Crippen LogP contribution in [-0.4, -0.2) is 47.7 Å². The maximum Gasteiger partial charge on any atom is 0.303 e. The number of carbonyl (C=O) groups is 1. The molecule has 0 aliphatic rings. The van der Waals surface area contributed by atoms with E-state index in [4.69, 9.17) is 15.3 Å². The van der Waals surface area contributed by atoms with Gasteiger partial charge >= 0.3 is 5.97 Å². The lowest BCUT2D eigenvalue weighted by molar-refractivity contribution is -0.178. The molecule has 0 aliphatic carbocycles. The highest BCUT2D eigenvalue weighted by atomic mass is 16.9. The van der Waals surface area contributed by atoms with Crippen LogP contribution < -0.4 is 5.64 Å². The fourth-order valence-corrected chi connectivity index (χ4v) is 0.919. The average molecular weight is 267 g/mol. The highest BCUT2D eigenvalue weighted by molar-refractivity contribution is 5.66. The van der Waals surface area contributed by atoms with Crippen LogP contribution in [0.15, 0.2) is 0 Å². The first-order chi connectivity index (χ1) is 8.68. The van der Waals surface area contributed by atoms with Crippen molar-refractivity contribution < 1.29 is 29.8 Å². The molecule has 0 aromatic rings. The molecule has 0 aliphatic heterocycles. The Morgan fingerprint density at radius 1 is 1.06 bits per heavy atom. The smallest absolute Gasteiger partial charge is 0.303 e. The van der Waals surface area contributed by atoms with Crippen molar-refractivity contribution >= 4 is 5.97 Å². The van der Waals surface area contributed by atoms with Crippen molar-refractivity contribution in [1.82, 2.24) is 5.64 Å². The number of carboxylic acids is 1. The van der Waals surface area contributed by atoms with E-state index in [1.54, 1.807) is 0 Å². The number of carboxylic acid groups (broad SMARTS) is 1. The average Bonchev–Trinajstić information content (AvgIpc) is 2.35.